The lowest BCUT2D eigenvalue weighted by Gasteiger charge is -2.20. The molecular weight excluding hydrogens is 310 g/mol. The fraction of sp³-hybridized carbons (Fsp3) is 0.235. The number of carbonyl (C=O) groups is 1. The second kappa shape index (κ2) is 6.34. The van der Waals surface area contributed by atoms with E-state index in [1.54, 1.807) is 23.1 Å². The number of aromatic nitrogens is 2. The maximum Gasteiger partial charge on any atom is 0.264 e. The monoisotopic (exact) mass is 327 g/mol. The molecule has 0 spiro atoms. The largest absolute Gasteiger partial charge is 0.331 e. The Kier molecular flexibility index (Phi) is 4.25. The van der Waals surface area contributed by atoms with E-state index in [1.807, 2.05) is 31.4 Å². The van der Waals surface area contributed by atoms with E-state index in [4.69, 9.17) is 0 Å². The van der Waals surface area contributed by atoms with Crippen LogP contribution in [-0.2, 0) is 6.54 Å². The van der Waals surface area contributed by atoms with E-state index in [1.165, 1.54) is 11.3 Å². The molecule has 6 heteroatoms. The third kappa shape index (κ3) is 3.03. The molecule has 1 aromatic carbocycles. The van der Waals surface area contributed by atoms with Crippen LogP contribution >= 0.6 is 11.3 Å². The van der Waals surface area contributed by atoms with Crippen molar-refractivity contribution in [1.82, 2.24) is 14.9 Å². The highest BCUT2D eigenvalue weighted by Crippen LogP contribution is 2.18. The predicted molar refractivity (Wildman–Crippen MR) is 91.8 cm³/mol. The smallest absolute Gasteiger partial charge is 0.264 e. The number of amides is 1. The summed E-state index contributed by atoms with van der Waals surface area (Å²) in [6.07, 6.45) is 0. The molecule has 0 aliphatic rings. The molecule has 0 aliphatic heterocycles. The molecule has 2 aromatic heterocycles. The number of aryl methyl sites for hydroxylation is 1. The number of nitrogens with zero attached hydrogens (tertiary/aromatic N) is 2. The molecule has 1 amide bonds. The van der Waals surface area contributed by atoms with Gasteiger partial charge in [0.05, 0.1) is 22.3 Å². The van der Waals surface area contributed by atoms with Gasteiger partial charge in [0.1, 0.15) is 5.82 Å². The number of rotatable bonds is 4. The van der Waals surface area contributed by atoms with Crippen LogP contribution in [0.2, 0.25) is 0 Å². The van der Waals surface area contributed by atoms with Gasteiger partial charge < -0.3 is 9.88 Å². The van der Waals surface area contributed by atoms with Crippen LogP contribution < -0.4 is 5.56 Å². The number of fused-ring (bicyclic) bond motifs is 1. The second-order valence-electron chi connectivity index (χ2n) is 5.28. The van der Waals surface area contributed by atoms with E-state index in [9.17, 15) is 9.59 Å². The van der Waals surface area contributed by atoms with Gasteiger partial charge in [-0.25, -0.2) is 4.98 Å². The molecule has 3 aromatic rings. The number of para-hydroxylation sites is 1. The van der Waals surface area contributed by atoms with Crippen molar-refractivity contribution in [2.24, 2.45) is 0 Å². The van der Waals surface area contributed by atoms with Gasteiger partial charge >= 0.3 is 0 Å². The first-order valence-corrected chi connectivity index (χ1v) is 8.29. The molecule has 0 radical (unpaired) electrons. The summed E-state index contributed by atoms with van der Waals surface area (Å²) in [6.45, 7) is 4.67. The zero-order valence-electron chi connectivity index (χ0n) is 13.0. The first-order valence-electron chi connectivity index (χ1n) is 7.41. The molecule has 3 rings (SSSR count). The van der Waals surface area contributed by atoms with E-state index >= 15 is 0 Å². The number of hydrogen-bond acceptors (Lipinski definition) is 4. The van der Waals surface area contributed by atoms with E-state index in [2.05, 4.69) is 9.97 Å². The fourth-order valence-electron chi connectivity index (χ4n) is 2.45. The summed E-state index contributed by atoms with van der Waals surface area (Å²) < 4.78 is 0. The summed E-state index contributed by atoms with van der Waals surface area (Å²) in [4.78, 5) is 34.4. The Labute approximate surface area is 137 Å². The molecule has 0 unspecified atom stereocenters. The lowest BCUT2D eigenvalue weighted by Crippen LogP contribution is -2.31. The van der Waals surface area contributed by atoms with Crippen LogP contribution in [0.3, 0.4) is 0 Å². The third-order valence-corrected chi connectivity index (χ3v) is 4.73. The summed E-state index contributed by atoms with van der Waals surface area (Å²) in [5, 5.41) is 2.46. The van der Waals surface area contributed by atoms with Gasteiger partial charge in [0.25, 0.3) is 11.5 Å². The Morgan fingerprint density at radius 3 is 2.78 bits per heavy atom. The van der Waals surface area contributed by atoms with Gasteiger partial charge in [-0.2, -0.15) is 0 Å². The highest BCUT2D eigenvalue weighted by molar-refractivity contribution is 7.12. The second-order valence-corrected chi connectivity index (χ2v) is 6.20. The number of thiophene rings is 1. The molecule has 0 saturated carbocycles. The number of benzene rings is 1. The van der Waals surface area contributed by atoms with Crippen molar-refractivity contribution in [3.63, 3.8) is 0 Å². The minimum absolute atomic E-state index is 0.0317. The molecular formula is C17H17N3O2S. The Morgan fingerprint density at radius 2 is 2.09 bits per heavy atom. The SMILES string of the molecule is CCN(Cc1nc2ccccc2c(=O)[nH]1)C(=O)c1sccc1C. The van der Waals surface area contributed by atoms with Crippen LogP contribution in [0, 0.1) is 6.92 Å². The minimum atomic E-state index is -0.179. The zero-order chi connectivity index (χ0) is 16.4. The van der Waals surface area contributed by atoms with E-state index in [0.29, 0.717) is 23.3 Å². The number of carbonyl (C=O) groups excluding carboxylic acids is 1. The molecule has 2 heterocycles. The first-order chi connectivity index (χ1) is 11.1. The molecule has 0 saturated heterocycles. The maximum absolute atomic E-state index is 12.6. The summed E-state index contributed by atoms with van der Waals surface area (Å²) in [5.41, 5.74) is 1.43. The van der Waals surface area contributed by atoms with Crippen molar-refractivity contribution in [1.29, 1.82) is 0 Å². The topological polar surface area (TPSA) is 66.1 Å². The van der Waals surface area contributed by atoms with Crippen molar-refractivity contribution < 1.29 is 4.79 Å². The predicted octanol–water partition coefficient (Wildman–Crippen LogP) is 2.96. The highest BCUT2D eigenvalue weighted by atomic mass is 32.1. The van der Waals surface area contributed by atoms with Crippen LogP contribution in [0.5, 0.6) is 0 Å². The summed E-state index contributed by atoms with van der Waals surface area (Å²) >= 11 is 1.43. The summed E-state index contributed by atoms with van der Waals surface area (Å²) in [6, 6.07) is 9.12. The molecule has 5 nitrogen and oxygen atoms in total. The lowest BCUT2D eigenvalue weighted by molar-refractivity contribution is 0.0752. The Hall–Kier alpha value is -2.47. The highest BCUT2D eigenvalue weighted by Gasteiger charge is 2.18. The van der Waals surface area contributed by atoms with Crippen molar-refractivity contribution in [2.75, 3.05) is 6.54 Å². The van der Waals surface area contributed by atoms with Crippen molar-refractivity contribution in [3.05, 3.63) is 62.3 Å². The van der Waals surface area contributed by atoms with Gasteiger partial charge in [-0.1, -0.05) is 12.1 Å². The molecule has 0 atom stereocenters. The van der Waals surface area contributed by atoms with Crippen molar-refractivity contribution >= 4 is 28.1 Å². The van der Waals surface area contributed by atoms with Crippen LogP contribution in [0.25, 0.3) is 10.9 Å². The number of aromatic amines is 1. The zero-order valence-corrected chi connectivity index (χ0v) is 13.8. The number of H-pyrrole nitrogens is 1. The summed E-state index contributed by atoms with van der Waals surface area (Å²) in [5.74, 6) is 0.467. The van der Waals surface area contributed by atoms with E-state index < -0.39 is 0 Å². The molecule has 0 fully saturated rings. The standard InChI is InChI=1S/C17H17N3O2S/c1-3-20(17(22)15-11(2)8-9-23-15)10-14-18-13-7-5-4-6-12(13)16(21)19-14/h4-9H,3,10H2,1-2H3,(H,18,19,21). The van der Waals surface area contributed by atoms with Gasteiger partial charge in [0.2, 0.25) is 0 Å². The van der Waals surface area contributed by atoms with Crippen LogP contribution in [0.4, 0.5) is 0 Å². The van der Waals surface area contributed by atoms with Gasteiger partial charge in [-0.05, 0) is 43.0 Å². The Balaban J connectivity index is 1.92. The minimum Gasteiger partial charge on any atom is -0.331 e. The van der Waals surface area contributed by atoms with Crippen LogP contribution in [-0.4, -0.2) is 27.3 Å². The Bertz CT molecular complexity index is 913. The normalized spacial score (nSPS) is 10.9. The Morgan fingerprint density at radius 1 is 1.30 bits per heavy atom. The van der Waals surface area contributed by atoms with Gasteiger partial charge in [-0.3, -0.25) is 9.59 Å². The lowest BCUT2D eigenvalue weighted by atomic mass is 10.2. The quantitative estimate of drug-likeness (QED) is 0.801. The fourth-order valence-corrected chi connectivity index (χ4v) is 3.35. The molecule has 0 aliphatic carbocycles. The number of hydrogen-bond donors (Lipinski definition) is 1. The molecule has 0 bridgehead atoms. The van der Waals surface area contributed by atoms with E-state index in [-0.39, 0.29) is 18.0 Å². The average Bonchev–Trinajstić information content (AvgIpc) is 2.98. The van der Waals surface area contributed by atoms with Crippen LogP contribution in [0.15, 0.2) is 40.5 Å². The third-order valence-electron chi connectivity index (χ3n) is 3.73. The summed E-state index contributed by atoms with van der Waals surface area (Å²) in [7, 11) is 0. The van der Waals surface area contributed by atoms with Crippen molar-refractivity contribution in [2.45, 2.75) is 20.4 Å². The van der Waals surface area contributed by atoms with Gasteiger partial charge in [0, 0.05) is 6.54 Å². The van der Waals surface area contributed by atoms with Gasteiger partial charge in [0.15, 0.2) is 0 Å². The van der Waals surface area contributed by atoms with Crippen molar-refractivity contribution in [3.8, 4) is 0 Å². The van der Waals surface area contributed by atoms with Crippen LogP contribution in [0.1, 0.15) is 28.0 Å². The molecule has 118 valence electrons. The molecule has 1 N–H and O–H groups in total. The van der Waals surface area contributed by atoms with Gasteiger partial charge in [-0.15, -0.1) is 11.3 Å². The van der Waals surface area contributed by atoms with E-state index in [0.717, 1.165) is 10.4 Å². The maximum atomic E-state index is 12.6. The average molecular weight is 327 g/mol. The number of nitrogens with one attached hydrogen (secondary N) is 1. The first kappa shape index (κ1) is 15.4. The molecule has 23 heavy (non-hydrogen) atoms.